The predicted molar refractivity (Wildman–Crippen MR) is 116 cm³/mol. The average Bonchev–Trinajstić information content (AvgIpc) is 3.19. The van der Waals surface area contributed by atoms with Crippen LogP contribution in [0.5, 0.6) is 0 Å². The van der Waals surface area contributed by atoms with Gasteiger partial charge in [0.15, 0.2) is 5.82 Å². The quantitative estimate of drug-likeness (QED) is 0.599. The zero-order valence-electron chi connectivity index (χ0n) is 16.9. The van der Waals surface area contributed by atoms with Gasteiger partial charge in [-0.25, -0.2) is 15.0 Å². The van der Waals surface area contributed by atoms with E-state index in [4.69, 9.17) is 16.3 Å². The molecule has 0 aliphatic carbocycles. The molecule has 4 heterocycles. The Hall–Kier alpha value is -2.71. The summed E-state index contributed by atoms with van der Waals surface area (Å²) in [5.74, 6) is 1.92. The van der Waals surface area contributed by atoms with Crippen LogP contribution < -0.4 is 5.32 Å². The van der Waals surface area contributed by atoms with Crippen LogP contribution in [0.1, 0.15) is 19.3 Å². The zero-order chi connectivity index (χ0) is 20.9. The molecule has 1 aliphatic heterocycles. The molecule has 0 spiro atoms. The number of rotatable bonds is 7. The number of pyridine rings is 1. The second-order valence-corrected chi connectivity index (χ2v) is 7.93. The van der Waals surface area contributed by atoms with E-state index >= 15 is 0 Å². The number of hydrogen-bond donors (Lipinski definition) is 2. The molecule has 2 N–H and O–H groups in total. The molecule has 1 atom stereocenters. The molecule has 0 aromatic carbocycles. The fourth-order valence-corrected chi connectivity index (χ4v) is 3.96. The molecule has 0 unspecified atom stereocenters. The number of fused-ring (bicyclic) bond motifs is 1. The van der Waals surface area contributed by atoms with Gasteiger partial charge in [0.05, 0.1) is 18.1 Å². The number of nitrogens with one attached hydrogen (secondary N) is 2. The van der Waals surface area contributed by atoms with E-state index in [1.807, 2.05) is 23.2 Å². The molecule has 8 nitrogen and oxygen atoms in total. The average molecular weight is 429 g/mol. The van der Waals surface area contributed by atoms with Gasteiger partial charge in [-0.2, -0.15) is 0 Å². The second kappa shape index (κ2) is 9.40. The van der Waals surface area contributed by atoms with Crippen molar-refractivity contribution in [3.8, 4) is 11.4 Å². The minimum absolute atomic E-state index is 0.164. The number of likely N-dealkylation sites (tertiary alicyclic amines) is 1. The topological polar surface area (TPSA) is 96.0 Å². The van der Waals surface area contributed by atoms with Crippen LogP contribution in [0, 0.1) is 5.92 Å². The lowest BCUT2D eigenvalue weighted by Crippen LogP contribution is -2.42. The molecule has 1 saturated heterocycles. The number of carbonyl (C=O) groups is 1. The van der Waals surface area contributed by atoms with E-state index in [2.05, 4.69) is 25.3 Å². The Kier molecular flexibility index (Phi) is 6.44. The van der Waals surface area contributed by atoms with Gasteiger partial charge in [0.1, 0.15) is 11.5 Å². The van der Waals surface area contributed by atoms with E-state index in [-0.39, 0.29) is 5.91 Å². The summed E-state index contributed by atoms with van der Waals surface area (Å²) in [5.41, 5.74) is 1.60. The summed E-state index contributed by atoms with van der Waals surface area (Å²) >= 11 is 6.10. The van der Waals surface area contributed by atoms with Crippen molar-refractivity contribution in [3.63, 3.8) is 0 Å². The number of nitrogens with zero attached hydrogens (tertiary/aromatic N) is 4. The summed E-state index contributed by atoms with van der Waals surface area (Å²) in [7, 11) is 1.62. The summed E-state index contributed by atoms with van der Waals surface area (Å²) in [6.07, 6.45) is 7.74. The number of carbonyl (C=O) groups excluding carboxylic acids is 1. The minimum atomic E-state index is 0.164. The Morgan fingerprint density at radius 3 is 3.20 bits per heavy atom. The van der Waals surface area contributed by atoms with Crippen molar-refractivity contribution in [2.45, 2.75) is 19.3 Å². The van der Waals surface area contributed by atoms with E-state index in [0.717, 1.165) is 54.9 Å². The van der Waals surface area contributed by atoms with Gasteiger partial charge in [0.2, 0.25) is 5.91 Å². The van der Waals surface area contributed by atoms with Crippen LogP contribution in [0.15, 0.2) is 30.7 Å². The summed E-state index contributed by atoms with van der Waals surface area (Å²) in [6, 6.07) is 3.71. The molecule has 1 aliphatic rings. The standard InChI is InChI=1S/C21H25ClN6O2/c1-30-8-5-19(29)28-7-2-3-14(13-28)10-24-18-4-6-23-21(27-18)17-12-26-20-16(17)9-15(22)11-25-20/h4,6,9,11-12,14H,2-3,5,7-8,10,13H2,1H3,(H,25,26)(H,23,24,27)/t14-/m1/s1. The van der Waals surface area contributed by atoms with Gasteiger partial charge in [-0.3, -0.25) is 4.79 Å². The van der Waals surface area contributed by atoms with Crippen molar-refractivity contribution >= 4 is 34.4 Å². The first-order valence-corrected chi connectivity index (χ1v) is 10.5. The summed E-state index contributed by atoms with van der Waals surface area (Å²) in [5, 5.41) is 4.87. The highest BCUT2D eigenvalue weighted by Crippen LogP contribution is 2.27. The molecular formula is C21H25ClN6O2. The summed E-state index contributed by atoms with van der Waals surface area (Å²) in [4.78, 5) is 30.7. The molecule has 0 bridgehead atoms. The third-order valence-electron chi connectivity index (χ3n) is 5.36. The molecule has 1 fully saturated rings. The first-order valence-electron chi connectivity index (χ1n) is 10.1. The lowest BCUT2D eigenvalue weighted by molar-refractivity contribution is -0.133. The maximum atomic E-state index is 12.3. The van der Waals surface area contributed by atoms with Gasteiger partial charge in [0, 0.05) is 56.3 Å². The number of halogens is 1. The Labute approximate surface area is 180 Å². The Bertz CT molecular complexity index is 1020. The Morgan fingerprint density at radius 2 is 2.33 bits per heavy atom. The number of H-pyrrole nitrogens is 1. The normalized spacial score (nSPS) is 16.7. The lowest BCUT2D eigenvalue weighted by Gasteiger charge is -2.33. The van der Waals surface area contributed by atoms with E-state index in [1.165, 1.54) is 0 Å². The summed E-state index contributed by atoms with van der Waals surface area (Å²) < 4.78 is 5.02. The smallest absolute Gasteiger partial charge is 0.224 e. The van der Waals surface area contributed by atoms with Gasteiger partial charge in [-0.05, 0) is 30.9 Å². The second-order valence-electron chi connectivity index (χ2n) is 7.49. The minimum Gasteiger partial charge on any atom is -0.384 e. The van der Waals surface area contributed by atoms with Gasteiger partial charge in [0.25, 0.3) is 0 Å². The summed E-state index contributed by atoms with van der Waals surface area (Å²) in [6.45, 7) is 2.82. The van der Waals surface area contributed by atoms with Crippen LogP contribution in [0.25, 0.3) is 22.4 Å². The first kappa shape index (κ1) is 20.6. The fourth-order valence-electron chi connectivity index (χ4n) is 3.80. The van der Waals surface area contributed by atoms with Gasteiger partial charge in [-0.1, -0.05) is 11.6 Å². The number of ether oxygens (including phenoxy) is 1. The molecule has 30 heavy (non-hydrogen) atoms. The largest absolute Gasteiger partial charge is 0.384 e. The van der Waals surface area contributed by atoms with E-state index in [1.54, 1.807) is 19.5 Å². The highest BCUT2D eigenvalue weighted by Gasteiger charge is 2.23. The van der Waals surface area contributed by atoms with Gasteiger partial charge in [-0.15, -0.1) is 0 Å². The van der Waals surface area contributed by atoms with Gasteiger partial charge >= 0.3 is 0 Å². The molecule has 3 aromatic heterocycles. The van der Waals surface area contributed by atoms with Crippen molar-refractivity contribution in [3.05, 3.63) is 35.7 Å². The van der Waals surface area contributed by atoms with Crippen molar-refractivity contribution in [1.29, 1.82) is 0 Å². The number of aromatic amines is 1. The highest BCUT2D eigenvalue weighted by molar-refractivity contribution is 6.31. The lowest BCUT2D eigenvalue weighted by atomic mass is 9.97. The maximum absolute atomic E-state index is 12.3. The van der Waals surface area contributed by atoms with Crippen LogP contribution in [-0.2, 0) is 9.53 Å². The van der Waals surface area contributed by atoms with Crippen molar-refractivity contribution in [2.24, 2.45) is 5.92 Å². The number of amides is 1. The Balaban J connectivity index is 1.41. The number of methoxy groups -OCH3 is 1. The van der Waals surface area contributed by atoms with E-state index in [0.29, 0.717) is 29.8 Å². The molecule has 1 amide bonds. The van der Waals surface area contributed by atoms with Gasteiger partial charge < -0.3 is 19.9 Å². The van der Waals surface area contributed by atoms with Crippen LogP contribution in [0.4, 0.5) is 5.82 Å². The molecule has 0 saturated carbocycles. The SMILES string of the molecule is COCCC(=O)N1CCC[C@H](CNc2ccnc(-c3c[nH]c4ncc(Cl)cc34)n2)C1. The highest BCUT2D eigenvalue weighted by atomic mass is 35.5. The van der Waals surface area contributed by atoms with E-state index in [9.17, 15) is 4.79 Å². The zero-order valence-corrected chi connectivity index (χ0v) is 17.7. The number of hydrogen-bond acceptors (Lipinski definition) is 6. The van der Waals surface area contributed by atoms with Crippen molar-refractivity contribution in [1.82, 2.24) is 24.8 Å². The molecule has 3 aromatic rings. The third kappa shape index (κ3) is 4.71. The third-order valence-corrected chi connectivity index (χ3v) is 5.56. The number of piperidine rings is 1. The molecular weight excluding hydrogens is 404 g/mol. The number of aromatic nitrogens is 4. The molecule has 9 heteroatoms. The van der Waals surface area contributed by atoms with Crippen LogP contribution >= 0.6 is 11.6 Å². The molecule has 4 rings (SSSR count). The fraction of sp³-hybridized carbons (Fsp3) is 0.429. The number of anilines is 1. The Morgan fingerprint density at radius 1 is 1.43 bits per heavy atom. The first-order chi connectivity index (χ1) is 14.6. The predicted octanol–water partition coefficient (Wildman–Crippen LogP) is 3.36. The van der Waals surface area contributed by atoms with E-state index < -0.39 is 0 Å². The molecule has 158 valence electrons. The molecule has 0 radical (unpaired) electrons. The van der Waals surface area contributed by atoms with Crippen LogP contribution in [0.3, 0.4) is 0 Å². The maximum Gasteiger partial charge on any atom is 0.224 e. The van der Waals surface area contributed by atoms with Crippen LogP contribution in [-0.4, -0.2) is 64.1 Å². The van der Waals surface area contributed by atoms with Crippen LogP contribution in [0.2, 0.25) is 5.02 Å². The van der Waals surface area contributed by atoms with Crippen molar-refractivity contribution in [2.75, 3.05) is 38.7 Å². The van der Waals surface area contributed by atoms with Crippen molar-refractivity contribution < 1.29 is 9.53 Å². The monoisotopic (exact) mass is 428 g/mol.